The zero-order valence-electron chi connectivity index (χ0n) is 12.3. The Morgan fingerprint density at radius 2 is 1.79 bits per heavy atom. The van der Waals surface area contributed by atoms with Crippen LogP contribution in [-0.4, -0.2) is 59.5 Å². The third-order valence-corrected chi connectivity index (χ3v) is 3.73. The minimum Gasteiger partial charge on any atom is -0.481 e. The number of aliphatic carboxylic acids is 1. The maximum Gasteiger partial charge on any atom is 0.308 e. The van der Waals surface area contributed by atoms with Crippen LogP contribution in [0.25, 0.3) is 0 Å². The van der Waals surface area contributed by atoms with Crippen LogP contribution in [0.5, 0.6) is 0 Å². The lowest BCUT2D eigenvalue weighted by Gasteiger charge is -2.28. The van der Waals surface area contributed by atoms with Gasteiger partial charge in [0.15, 0.2) is 0 Å². The van der Waals surface area contributed by atoms with Crippen molar-refractivity contribution in [3.8, 4) is 0 Å². The summed E-state index contributed by atoms with van der Waals surface area (Å²) in [4.78, 5) is 27.1. The van der Waals surface area contributed by atoms with Gasteiger partial charge in [-0.2, -0.15) is 0 Å². The molecule has 1 rings (SSSR count). The molecule has 1 aliphatic rings. The zero-order valence-corrected chi connectivity index (χ0v) is 12.3. The Hall–Kier alpha value is -1.10. The van der Waals surface area contributed by atoms with Gasteiger partial charge in [0.1, 0.15) is 0 Å². The average Bonchev–Trinajstić information content (AvgIpc) is 3.21. The predicted octanol–water partition coefficient (Wildman–Crippen LogP) is 1.29. The fourth-order valence-corrected chi connectivity index (χ4v) is 2.09. The molecule has 19 heavy (non-hydrogen) atoms. The Labute approximate surface area is 115 Å². The van der Waals surface area contributed by atoms with Gasteiger partial charge in [0.25, 0.3) is 0 Å². The van der Waals surface area contributed by atoms with E-state index in [1.165, 1.54) is 0 Å². The van der Waals surface area contributed by atoms with Gasteiger partial charge in [-0.15, -0.1) is 0 Å². The molecule has 0 radical (unpaired) electrons. The van der Waals surface area contributed by atoms with Crippen molar-refractivity contribution < 1.29 is 14.7 Å². The molecule has 0 aromatic heterocycles. The summed E-state index contributed by atoms with van der Waals surface area (Å²) in [5, 5.41) is 8.99. The minimum absolute atomic E-state index is 0.139. The van der Waals surface area contributed by atoms with E-state index in [-0.39, 0.29) is 11.8 Å². The highest BCUT2D eigenvalue weighted by Crippen LogP contribution is 2.31. The first-order valence-corrected chi connectivity index (χ1v) is 7.23. The Balaban J connectivity index is 2.53. The minimum atomic E-state index is -0.837. The first-order chi connectivity index (χ1) is 8.99. The summed E-state index contributed by atoms with van der Waals surface area (Å²) < 4.78 is 0. The van der Waals surface area contributed by atoms with Crippen molar-refractivity contribution in [2.75, 3.05) is 32.7 Å². The monoisotopic (exact) mass is 270 g/mol. The van der Waals surface area contributed by atoms with E-state index in [4.69, 9.17) is 5.11 Å². The number of carboxylic acid groups (broad SMARTS) is 1. The second-order valence-corrected chi connectivity index (χ2v) is 5.32. The van der Waals surface area contributed by atoms with E-state index in [0.29, 0.717) is 13.1 Å². The molecule has 1 fully saturated rings. The molecule has 1 saturated carbocycles. The molecule has 0 heterocycles. The Morgan fingerprint density at radius 1 is 1.21 bits per heavy atom. The summed E-state index contributed by atoms with van der Waals surface area (Å²) in [7, 11) is 0. The zero-order chi connectivity index (χ0) is 14.4. The molecule has 0 saturated heterocycles. The smallest absolute Gasteiger partial charge is 0.308 e. The van der Waals surface area contributed by atoms with Crippen LogP contribution in [0.4, 0.5) is 0 Å². The van der Waals surface area contributed by atoms with Gasteiger partial charge >= 0.3 is 5.97 Å². The van der Waals surface area contributed by atoms with Crippen molar-refractivity contribution in [2.24, 2.45) is 11.8 Å². The lowest BCUT2D eigenvalue weighted by molar-refractivity contribution is -0.143. The highest BCUT2D eigenvalue weighted by Gasteiger charge is 2.34. The van der Waals surface area contributed by atoms with Gasteiger partial charge in [-0.05, 0) is 25.9 Å². The normalized spacial score (nSPS) is 16.4. The van der Waals surface area contributed by atoms with Crippen LogP contribution < -0.4 is 0 Å². The Kier molecular flexibility index (Phi) is 6.28. The van der Waals surface area contributed by atoms with E-state index in [2.05, 4.69) is 18.7 Å². The van der Waals surface area contributed by atoms with Crippen LogP contribution in [0.2, 0.25) is 0 Å². The molecule has 1 N–H and O–H groups in total. The van der Waals surface area contributed by atoms with Gasteiger partial charge in [0, 0.05) is 25.6 Å². The van der Waals surface area contributed by atoms with Crippen LogP contribution in [0.3, 0.4) is 0 Å². The standard InChI is InChI=1S/C14H26N2O3/c1-4-15(5-2)8-9-16(10-11(3)14(18)19)13(17)12-6-7-12/h11-12H,4-10H2,1-3H3,(H,18,19). The van der Waals surface area contributed by atoms with Crippen LogP contribution in [-0.2, 0) is 9.59 Å². The molecule has 1 atom stereocenters. The highest BCUT2D eigenvalue weighted by molar-refractivity contribution is 5.81. The maximum atomic E-state index is 12.2. The van der Waals surface area contributed by atoms with Crippen molar-refractivity contribution in [2.45, 2.75) is 33.6 Å². The Bertz CT molecular complexity index is 312. The van der Waals surface area contributed by atoms with Gasteiger partial charge in [0.05, 0.1) is 5.92 Å². The van der Waals surface area contributed by atoms with Crippen molar-refractivity contribution in [3.05, 3.63) is 0 Å². The third kappa shape index (κ3) is 5.19. The number of carbonyl (C=O) groups excluding carboxylic acids is 1. The Morgan fingerprint density at radius 3 is 2.21 bits per heavy atom. The second-order valence-electron chi connectivity index (χ2n) is 5.32. The van der Waals surface area contributed by atoms with Crippen LogP contribution in [0.15, 0.2) is 0 Å². The van der Waals surface area contributed by atoms with Gasteiger partial charge in [-0.1, -0.05) is 20.8 Å². The van der Waals surface area contributed by atoms with Crippen molar-refractivity contribution in [1.82, 2.24) is 9.80 Å². The molecule has 1 aliphatic carbocycles. The molecule has 0 aromatic rings. The maximum absolute atomic E-state index is 12.2. The number of amides is 1. The lowest BCUT2D eigenvalue weighted by atomic mass is 10.1. The van der Waals surface area contributed by atoms with E-state index in [1.54, 1.807) is 11.8 Å². The molecule has 5 heteroatoms. The topological polar surface area (TPSA) is 60.9 Å². The molecular weight excluding hydrogens is 244 g/mol. The highest BCUT2D eigenvalue weighted by atomic mass is 16.4. The second kappa shape index (κ2) is 7.48. The molecule has 1 amide bonds. The van der Waals surface area contributed by atoms with E-state index in [0.717, 1.165) is 32.5 Å². The summed E-state index contributed by atoms with van der Waals surface area (Å²) in [6.07, 6.45) is 1.92. The summed E-state index contributed by atoms with van der Waals surface area (Å²) in [5.41, 5.74) is 0. The number of hydrogen-bond acceptors (Lipinski definition) is 3. The quantitative estimate of drug-likeness (QED) is 0.686. The molecule has 110 valence electrons. The van der Waals surface area contributed by atoms with Crippen LogP contribution >= 0.6 is 0 Å². The number of likely N-dealkylation sites (N-methyl/N-ethyl adjacent to an activating group) is 1. The number of rotatable bonds is 9. The van der Waals surface area contributed by atoms with Crippen LogP contribution in [0, 0.1) is 11.8 Å². The van der Waals surface area contributed by atoms with Gasteiger partial charge in [0.2, 0.25) is 5.91 Å². The summed E-state index contributed by atoms with van der Waals surface area (Å²) >= 11 is 0. The first-order valence-electron chi connectivity index (χ1n) is 7.23. The number of hydrogen-bond donors (Lipinski definition) is 1. The predicted molar refractivity (Wildman–Crippen MR) is 73.9 cm³/mol. The van der Waals surface area contributed by atoms with E-state index in [9.17, 15) is 9.59 Å². The lowest BCUT2D eigenvalue weighted by Crippen LogP contribution is -2.42. The fourth-order valence-electron chi connectivity index (χ4n) is 2.09. The molecule has 0 spiro atoms. The van der Waals surface area contributed by atoms with Crippen molar-refractivity contribution in [3.63, 3.8) is 0 Å². The SMILES string of the molecule is CCN(CC)CCN(CC(C)C(=O)O)C(=O)C1CC1. The molecule has 5 nitrogen and oxygen atoms in total. The third-order valence-electron chi connectivity index (χ3n) is 3.73. The van der Waals surface area contributed by atoms with Gasteiger partial charge < -0.3 is 14.9 Å². The number of carbonyl (C=O) groups is 2. The van der Waals surface area contributed by atoms with Crippen molar-refractivity contribution >= 4 is 11.9 Å². The number of carboxylic acids is 1. The van der Waals surface area contributed by atoms with Gasteiger partial charge in [-0.25, -0.2) is 0 Å². The van der Waals surface area contributed by atoms with E-state index >= 15 is 0 Å². The first kappa shape index (κ1) is 16.0. The molecular formula is C14H26N2O3. The van der Waals surface area contributed by atoms with Crippen LogP contribution in [0.1, 0.15) is 33.6 Å². The molecule has 1 unspecified atom stereocenters. The van der Waals surface area contributed by atoms with E-state index < -0.39 is 11.9 Å². The number of nitrogens with zero attached hydrogens (tertiary/aromatic N) is 2. The molecule has 0 aliphatic heterocycles. The average molecular weight is 270 g/mol. The molecule has 0 aromatic carbocycles. The summed E-state index contributed by atoms with van der Waals surface area (Å²) in [5.74, 6) is -1.05. The van der Waals surface area contributed by atoms with E-state index in [1.807, 2.05) is 0 Å². The van der Waals surface area contributed by atoms with Gasteiger partial charge in [-0.3, -0.25) is 9.59 Å². The summed E-state index contributed by atoms with van der Waals surface area (Å²) in [6, 6.07) is 0. The molecule has 0 bridgehead atoms. The largest absolute Gasteiger partial charge is 0.481 e. The fraction of sp³-hybridized carbons (Fsp3) is 0.857. The summed E-state index contributed by atoms with van der Waals surface area (Å²) in [6.45, 7) is 9.53. The van der Waals surface area contributed by atoms with Crippen molar-refractivity contribution in [1.29, 1.82) is 0 Å².